The molecule has 36 heavy (non-hydrogen) atoms. The SMILES string of the molecule is CCOC(=O)C1=C(C)N=c2s/c(=C/c3cc(C)n(-c4ccc(C)cc4)c3C)c(=O)n2[C@H]1c1cccs1. The Morgan fingerprint density at radius 1 is 1.14 bits per heavy atom. The highest BCUT2D eigenvalue weighted by molar-refractivity contribution is 7.10. The van der Waals surface area contributed by atoms with E-state index in [0.717, 1.165) is 27.5 Å². The van der Waals surface area contributed by atoms with Crippen LogP contribution in [0.1, 0.15) is 47.3 Å². The van der Waals surface area contributed by atoms with Crippen LogP contribution in [0.15, 0.2) is 68.9 Å². The van der Waals surface area contributed by atoms with E-state index in [1.807, 2.05) is 23.6 Å². The molecule has 5 rings (SSSR count). The van der Waals surface area contributed by atoms with E-state index in [0.29, 0.717) is 20.6 Å². The highest BCUT2D eigenvalue weighted by Crippen LogP contribution is 2.33. The van der Waals surface area contributed by atoms with Gasteiger partial charge in [0.05, 0.1) is 22.4 Å². The summed E-state index contributed by atoms with van der Waals surface area (Å²) in [5.74, 6) is -0.437. The molecule has 0 N–H and O–H groups in total. The van der Waals surface area contributed by atoms with E-state index in [2.05, 4.69) is 60.7 Å². The number of hydrogen-bond acceptors (Lipinski definition) is 6. The second kappa shape index (κ2) is 9.52. The summed E-state index contributed by atoms with van der Waals surface area (Å²) in [5, 5.41) is 1.95. The molecular weight excluding hydrogens is 490 g/mol. The lowest BCUT2D eigenvalue weighted by atomic mass is 10.0. The number of rotatable bonds is 5. The number of thiophene rings is 1. The molecule has 3 aromatic heterocycles. The fraction of sp³-hybridized carbons (Fsp3) is 0.250. The Labute approximate surface area is 217 Å². The van der Waals surface area contributed by atoms with Crippen molar-refractivity contribution in [2.75, 3.05) is 6.61 Å². The molecule has 1 aliphatic rings. The standard InChI is InChI=1S/C28H27N3O3S2/c1-6-34-27(33)24-18(4)29-28-31(25(24)22-8-7-13-35-22)26(32)23(36-28)15-20-14-17(3)30(19(20)5)21-11-9-16(2)10-12-21/h7-15,25H,6H2,1-5H3/b23-15+/t25-/m0/s1. The zero-order valence-corrected chi connectivity index (χ0v) is 22.5. The van der Waals surface area contributed by atoms with E-state index in [1.54, 1.807) is 18.4 Å². The number of aromatic nitrogens is 2. The van der Waals surface area contributed by atoms with E-state index in [9.17, 15) is 9.59 Å². The largest absolute Gasteiger partial charge is 0.463 e. The van der Waals surface area contributed by atoms with Crippen LogP contribution in [-0.4, -0.2) is 21.7 Å². The number of nitrogens with zero attached hydrogens (tertiary/aromatic N) is 3. The monoisotopic (exact) mass is 517 g/mol. The van der Waals surface area contributed by atoms with Gasteiger partial charge in [0.15, 0.2) is 4.80 Å². The van der Waals surface area contributed by atoms with Crippen LogP contribution in [0, 0.1) is 20.8 Å². The van der Waals surface area contributed by atoms with E-state index < -0.39 is 12.0 Å². The molecule has 184 valence electrons. The minimum atomic E-state index is -0.553. The minimum absolute atomic E-state index is 0.161. The molecule has 0 fully saturated rings. The topological polar surface area (TPSA) is 65.6 Å². The Morgan fingerprint density at radius 2 is 1.89 bits per heavy atom. The zero-order chi connectivity index (χ0) is 25.6. The van der Waals surface area contributed by atoms with E-state index in [1.165, 1.54) is 28.2 Å². The number of aryl methyl sites for hydroxylation is 2. The van der Waals surface area contributed by atoms with Gasteiger partial charge in [-0.3, -0.25) is 9.36 Å². The average molecular weight is 518 g/mol. The summed E-state index contributed by atoms with van der Waals surface area (Å²) in [4.78, 5) is 32.8. The molecule has 1 atom stereocenters. The molecule has 0 bridgehead atoms. The van der Waals surface area contributed by atoms with Crippen LogP contribution in [0.4, 0.5) is 0 Å². The molecule has 0 spiro atoms. The van der Waals surface area contributed by atoms with Crippen LogP contribution >= 0.6 is 22.7 Å². The van der Waals surface area contributed by atoms with Gasteiger partial charge in [0.2, 0.25) is 0 Å². The molecular formula is C28H27N3O3S2. The summed E-state index contributed by atoms with van der Waals surface area (Å²) in [7, 11) is 0. The number of thiazole rings is 1. The average Bonchev–Trinajstić information content (AvgIpc) is 3.54. The van der Waals surface area contributed by atoms with Crippen molar-refractivity contribution >= 4 is 34.7 Å². The number of carbonyl (C=O) groups excluding carboxylic acids is 1. The normalized spacial score (nSPS) is 15.7. The predicted molar refractivity (Wildman–Crippen MR) is 145 cm³/mol. The maximum atomic E-state index is 13.8. The first-order valence-electron chi connectivity index (χ1n) is 11.8. The van der Waals surface area contributed by atoms with Gasteiger partial charge in [0.1, 0.15) is 6.04 Å². The number of fused-ring (bicyclic) bond motifs is 1. The Morgan fingerprint density at radius 3 is 2.56 bits per heavy atom. The molecule has 0 amide bonds. The summed E-state index contributed by atoms with van der Waals surface area (Å²) in [6, 6.07) is 13.8. The van der Waals surface area contributed by atoms with Crippen molar-refractivity contribution in [3.05, 3.63) is 106 Å². The van der Waals surface area contributed by atoms with Gasteiger partial charge in [-0.25, -0.2) is 9.79 Å². The fourth-order valence-electron chi connectivity index (χ4n) is 4.67. The first-order valence-corrected chi connectivity index (χ1v) is 13.5. The van der Waals surface area contributed by atoms with Crippen molar-refractivity contribution in [1.82, 2.24) is 9.13 Å². The van der Waals surface area contributed by atoms with Crippen LogP contribution in [0.5, 0.6) is 0 Å². The third-order valence-electron chi connectivity index (χ3n) is 6.38. The Kier molecular flexibility index (Phi) is 6.40. The van der Waals surface area contributed by atoms with Gasteiger partial charge in [0.25, 0.3) is 5.56 Å². The van der Waals surface area contributed by atoms with Gasteiger partial charge < -0.3 is 9.30 Å². The fourth-order valence-corrected chi connectivity index (χ4v) is 6.53. The van der Waals surface area contributed by atoms with E-state index in [4.69, 9.17) is 4.74 Å². The van der Waals surface area contributed by atoms with Gasteiger partial charge in [-0.15, -0.1) is 11.3 Å². The van der Waals surface area contributed by atoms with Crippen LogP contribution < -0.4 is 14.9 Å². The van der Waals surface area contributed by atoms with Gasteiger partial charge in [-0.2, -0.15) is 0 Å². The number of allylic oxidation sites excluding steroid dienone is 1. The summed E-state index contributed by atoms with van der Waals surface area (Å²) >= 11 is 2.86. The van der Waals surface area contributed by atoms with Gasteiger partial charge in [-0.05, 0) is 75.9 Å². The van der Waals surface area contributed by atoms with Crippen molar-refractivity contribution in [1.29, 1.82) is 0 Å². The lowest BCUT2D eigenvalue weighted by molar-refractivity contribution is -0.139. The zero-order valence-electron chi connectivity index (χ0n) is 20.9. The minimum Gasteiger partial charge on any atom is -0.463 e. The van der Waals surface area contributed by atoms with Crippen molar-refractivity contribution in [2.24, 2.45) is 4.99 Å². The number of hydrogen-bond donors (Lipinski definition) is 0. The second-order valence-corrected chi connectivity index (χ2v) is 10.8. The first kappa shape index (κ1) is 24.2. The lowest BCUT2D eigenvalue weighted by Gasteiger charge is -2.23. The second-order valence-electron chi connectivity index (χ2n) is 8.82. The third kappa shape index (κ3) is 4.10. The smallest absolute Gasteiger partial charge is 0.338 e. The molecule has 1 aliphatic heterocycles. The van der Waals surface area contributed by atoms with Crippen molar-refractivity contribution in [2.45, 2.75) is 40.7 Å². The summed E-state index contributed by atoms with van der Waals surface area (Å²) in [6.45, 7) is 10.0. The van der Waals surface area contributed by atoms with Crippen molar-refractivity contribution < 1.29 is 9.53 Å². The Bertz CT molecular complexity index is 1670. The molecule has 4 heterocycles. The lowest BCUT2D eigenvalue weighted by Crippen LogP contribution is -2.39. The molecule has 1 aromatic carbocycles. The Balaban J connectivity index is 1.67. The maximum Gasteiger partial charge on any atom is 0.338 e. The van der Waals surface area contributed by atoms with Crippen LogP contribution in [0.3, 0.4) is 0 Å². The van der Waals surface area contributed by atoms with Gasteiger partial charge in [-0.1, -0.05) is 35.1 Å². The first-order chi connectivity index (χ1) is 17.3. The summed E-state index contributed by atoms with van der Waals surface area (Å²) in [6.07, 6.45) is 1.94. The summed E-state index contributed by atoms with van der Waals surface area (Å²) in [5.41, 5.74) is 6.25. The molecule has 0 aliphatic carbocycles. The van der Waals surface area contributed by atoms with Crippen LogP contribution in [0.25, 0.3) is 11.8 Å². The molecule has 6 nitrogen and oxygen atoms in total. The highest BCUT2D eigenvalue weighted by Gasteiger charge is 2.33. The number of carbonyl (C=O) groups is 1. The number of esters is 1. The van der Waals surface area contributed by atoms with Crippen LogP contribution in [0.2, 0.25) is 0 Å². The van der Waals surface area contributed by atoms with Gasteiger partial charge in [0, 0.05) is 22.0 Å². The third-order valence-corrected chi connectivity index (χ3v) is 8.29. The van der Waals surface area contributed by atoms with Crippen molar-refractivity contribution in [3.8, 4) is 5.69 Å². The highest BCUT2D eigenvalue weighted by atomic mass is 32.1. The number of benzene rings is 1. The molecule has 0 saturated heterocycles. The predicted octanol–water partition coefficient (Wildman–Crippen LogP) is 4.58. The maximum absolute atomic E-state index is 13.8. The molecule has 0 saturated carbocycles. The van der Waals surface area contributed by atoms with Gasteiger partial charge >= 0.3 is 5.97 Å². The van der Waals surface area contributed by atoms with E-state index >= 15 is 0 Å². The number of ether oxygens (including phenoxy) is 1. The van der Waals surface area contributed by atoms with E-state index in [-0.39, 0.29) is 12.2 Å². The molecule has 4 aromatic rings. The van der Waals surface area contributed by atoms with Crippen LogP contribution in [-0.2, 0) is 9.53 Å². The molecule has 0 radical (unpaired) electrons. The Hall–Kier alpha value is -3.49. The molecule has 0 unspecified atom stereocenters. The quantitative estimate of drug-likeness (QED) is 0.364. The summed E-state index contributed by atoms with van der Waals surface area (Å²) < 4.78 is 9.76. The molecule has 8 heteroatoms. The van der Waals surface area contributed by atoms with Crippen molar-refractivity contribution in [3.63, 3.8) is 0 Å².